The van der Waals surface area contributed by atoms with E-state index in [1.807, 2.05) is 24.0 Å². The lowest BCUT2D eigenvalue weighted by Gasteiger charge is -2.49. The molecule has 3 rings (SSSR count). The van der Waals surface area contributed by atoms with Crippen LogP contribution in [0.15, 0.2) is 42.7 Å². The number of pyridine rings is 1. The van der Waals surface area contributed by atoms with Crippen molar-refractivity contribution in [2.45, 2.75) is 32.0 Å². The monoisotopic (exact) mass is 343 g/mol. The molecule has 1 aliphatic rings. The van der Waals surface area contributed by atoms with Gasteiger partial charge >= 0.3 is 0 Å². The van der Waals surface area contributed by atoms with Crippen molar-refractivity contribution in [3.63, 3.8) is 0 Å². The number of aromatic nitrogens is 1. The quantitative estimate of drug-likeness (QED) is 0.876. The summed E-state index contributed by atoms with van der Waals surface area (Å²) in [5.41, 5.74) is 0.854. The van der Waals surface area contributed by atoms with Crippen molar-refractivity contribution < 1.29 is 13.9 Å². The third-order valence-corrected chi connectivity index (χ3v) is 4.86. The Kier molecular flexibility index (Phi) is 4.99. The molecule has 1 amide bonds. The highest BCUT2D eigenvalue weighted by molar-refractivity contribution is 5.86. The van der Waals surface area contributed by atoms with Crippen LogP contribution in [0.25, 0.3) is 0 Å². The number of nitrogens with zero attached hydrogens (tertiary/aromatic N) is 2. The van der Waals surface area contributed by atoms with Crippen molar-refractivity contribution in [2.24, 2.45) is 0 Å². The molecule has 0 saturated carbocycles. The minimum atomic E-state index is -0.627. The van der Waals surface area contributed by atoms with Crippen molar-refractivity contribution >= 4 is 5.91 Å². The van der Waals surface area contributed by atoms with E-state index in [-0.39, 0.29) is 17.5 Å². The summed E-state index contributed by atoms with van der Waals surface area (Å²) in [5.74, 6) is -0.193. The Morgan fingerprint density at radius 1 is 1.40 bits per heavy atom. The number of carbonyl (C=O) groups excluding carboxylic acids is 1. The summed E-state index contributed by atoms with van der Waals surface area (Å²) in [5, 5.41) is 2.96. The molecule has 1 aliphatic heterocycles. The van der Waals surface area contributed by atoms with E-state index in [0.717, 1.165) is 18.5 Å². The molecule has 2 heterocycles. The number of nitrogens with one attached hydrogen (secondary N) is 1. The number of benzene rings is 1. The number of methoxy groups -OCH3 is 1. The SMILES string of the molecule is COc1cccc(CN2CCC2(C)C(=O)NCc2cccnc2)c1F. The average molecular weight is 343 g/mol. The molecule has 6 heteroatoms. The van der Waals surface area contributed by atoms with Gasteiger partial charge in [0.15, 0.2) is 11.6 Å². The number of ether oxygens (including phenoxy) is 1. The van der Waals surface area contributed by atoms with Gasteiger partial charge in [-0.15, -0.1) is 0 Å². The fraction of sp³-hybridized carbons (Fsp3) is 0.368. The predicted molar refractivity (Wildman–Crippen MR) is 92.5 cm³/mol. The summed E-state index contributed by atoms with van der Waals surface area (Å²) in [6.07, 6.45) is 4.17. The molecule has 25 heavy (non-hydrogen) atoms. The molecule has 1 N–H and O–H groups in total. The zero-order chi connectivity index (χ0) is 17.9. The maximum absolute atomic E-state index is 14.4. The topological polar surface area (TPSA) is 54.5 Å². The largest absolute Gasteiger partial charge is 0.494 e. The van der Waals surface area contributed by atoms with Crippen LogP contribution in [0, 0.1) is 5.82 Å². The molecule has 2 aromatic rings. The zero-order valence-electron chi connectivity index (χ0n) is 14.5. The second-order valence-corrected chi connectivity index (χ2v) is 6.42. The molecular formula is C19H22FN3O2. The minimum absolute atomic E-state index is 0.0501. The molecule has 5 nitrogen and oxygen atoms in total. The first-order valence-corrected chi connectivity index (χ1v) is 8.28. The van der Waals surface area contributed by atoms with E-state index >= 15 is 0 Å². The van der Waals surface area contributed by atoms with E-state index in [9.17, 15) is 9.18 Å². The molecule has 0 bridgehead atoms. The number of hydrogen-bond donors (Lipinski definition) is 1. The van der Waals surface area contributed by atoms with Crippen molar-refractivity contribution in [2.75, 3.05) is 13.7 Å². The van der Waals surface area contributed by atoms with Gasteiger partial charge in [0, 0.05) is 37.6 Å². The molecule has 0 aliphatic carbocycles. The number of halogens is 1. The number of carbonyl (C=O) groups is 1. The number of likely N-dealkylation sites (tertiary alicyclic amines) is 1. The van der Waals surface area contributed by atoms with Gasteiger partial charge in [-0.1, -0.05) is 18.2 Å². The van der Waals surface area contributed by atoms with Gasteiger partial charge in [-0.25, -0.2) is 4.39 Å². The van der Waals surface area contributed by atoms with Crippen LogP contribution < -0.4 is 10.1 Å². The summed E-state index contributed by atoms with van der Waals surface area (Å²) in [4.78, 5) is 18.7. The van der Waals surface area contributed by atoms with E-state index in [1.54, 1.807) is 30.6 Å². The second kappa shape index (κ2) is 7.19. The van der Waals surface area contributed by atoms with Crippen LogP contribution in [0.2, 0.25) is 0 Å². The van der Waals surface area contributed by atoms with Gasteiger partial charge in [0.05, 0.1) is 12.6 Å². The summed E-state index contributed by atoms with van der Waals surface area (Å²) in [6.45, 7) is 3.46. The Balaban J connectivity index is 1.65. The fourth-order valence-corrected chi connectivity index (χ4v) is 3.03. The molecule has 1 aromatic heterocycles. The molecule has 1 fully saturated rings. The van der Waals surface area contributed by atoms with E-state index in [4.69, 9.17) is 4.74 Å². The first kappa shape index (κ1) is 17.4. The molecule has 1 aromatic carbocycles. The Labute approximate surface area is 146 Å². The Morgan fingerprint density at radius 2 is 2.24 bits per heavy atom. The van der Waals surface area contributed by atoms with E-state index < -0.39 is 5.54 Å². The van der Waals surface area contributed by atoms with E-state index in [1.165, 1.54) is 7.11 Å². The maximum Gasteiger partial charge on any atom is 0.240 e. The highest BCUT2D eigenvalue weighted by atomic mass is 19.1. The van der Waals surface area contributed by atoms with Crippen molar-refractivity contribution in [1.29, 1.82) is 0 Å². The highest BCUT2D eigenvalue weighted by Gasteiger charge is 2.46. The van der Waals surface area contributed by atoms with Crippen molar-refractivity contribution in [3.8, 4) is 5.75 Å². The molecule has 0 spiro atoms. The summed E-state index contributed by atoms with van der Waals surface area (Å²) in [7, 11) is 1.45. The van der Waals surface area contributed by atoms with Gasteiger partial charge in [0.1, 0.15) is 0 Å². The van der Waals surface area contributed by atoms with Gasteiger partial charge in [-0.2, -0.15) is 0 Å². The van der Waals surface area contributed by atoms with E-state index in [2.05, 4.69) is 10.3 Å². The predicted octanol–water partition coefficient (Wildman–Crippen LogP) is 2.51. The molecule has 1 unspecified atom stereocenters. The van der Waals surface area contributed by atoms with Gasteiger partial charge in [0.2, 0.25) is 5.91 Å². The molecular weight excluding hydrogens is 321 g/mol. The third-order valence-electron chi connectivity index (χ3n) is 4.86. The van der Waals surface area contributed by atoms with Gasteiger partial charge in [-0.05, 0) is 31.0 Å². The van der Waals surface area contributed by atoms with Crippen LogP contribution in [0.3, 0.4) is 0 Å². The van der Waals surface area contributed by atoms with Gasteiger partial charge < -0.3 is 10.1 Å². The van der Waals surface area contributed by atoms with Crippen molar-refractivity contribution in [3.05, 3.63) is 59.7 Å². The highest BCUT2D eigenvalue weighted by Crippen LogP contribution is 2.33. The Morgan fingerprint density at radius 3 is 2.88 bits per heavy atom. The van der Waals surface area contributed by atoms with Crippen LogP contribution in [-0.2, 0) is 17.9 Å². The van der Waals surface area contributed by atoms with E-state index in [0.29, 0.717) is 18.7 Å². The molecule has 1 saturated heterocycles. The van der Waals surface area contributed by atoms with Crippen LogP contribution in [0.4, 0.5) is 4.39 Å². The zero-order valence-corrected chi connectivity index (χ0v) is 14.5. The lowest BCUT2D eigenvalue weighted by atomic mass is 9.85. The standard InChI is InChI=1S/C19H22FN3O2/c1-19(18(24)22-12-14-5-4-9-21-11-14)8-10-23(19)13-15-6-3-7-16(25-2)17(15)20/h3-7,9,11H,8,10,12-13H2,1-2H3,(H,22,24). The van der Waals surface area contributed by atoms with Crippen molar-refractivity contribution in [1.82, 2.24) is 15.2 Å². The lowest BCUT2D eigenvalue weighted by Crippen LogP contribution is -2.65. The summed E-state index contributed by atoms with van der Waals surface area (Å²) < 4.78 is 19.4. The number of amides is 1. The average Bonchev–Trinajstić information content (AvgIpc) is 2.64. The van der Waals surface area contributed by atoms with Gasteiger partial charge in [-0.3, -0.25) is 14.7 Å². The van der Waals surface area contributed by atoms with Gasteiger partial charge in [0.25, 0.3) is 0 Å². The maximum atomic E-state index is 14.4. The molecule has 132 valence electrons. The first-order valence-electron chi connectivity index (χ1n) is 8.28. The smallest absolute Gasteiger partial charge is 0.240 e. The normalized spacial score (nSPS) is 20.0. The van der Waals surface area contributed by atoms with Crippen LogP contribution in [0.5, 0.6) is 5.75 Å². The number of hydrogen-bond acceptors (Lipinski definition) is 4. The third kappa shape index (κ3) is 3.49. The Bertz CT molecular complexity index is 754. The lowest BCUT2D eigenvalue weighted by molar-refractivity contribution is -0.142. The molecule has 0 radical (unpaired) electrons. The second-order valence-electron chi connectivity index (χ2n) is 6.42. The number of rotatable bonds is 6. The fourth-order valence-electron chi connectivity index (χ4n) is 3.03. The first-order chi connectivity index (χ1) is 12.0. The summed E-state index contributed by atoms with van der Waals surface area (Å²) >= 11 is 0. The Hall–Kier alpha value is -2.47. The van der Waals surface area contributed by atoms with Crippen LogP contribution >= 0.6 is 0 Å². The summed E-state index contributed by atoms with van der Waals surface area (Å²) in [6, 6.07) is 8.83. The van der Waals surface area contributed by atoms with Crippen LogP contribution in [0.1, 0.15) is 24.5 Å². The molecule has 1 atom stereocenters. The minimum Gasteiger partial charge on any atom is -0.494 e. The van der Waals surface area contributed by atoms with Crippen LogP contribution in [-0.4, -0.2) is 35.0 Å².